The summed E-state index contributed by atoms with van der Waals surface area (Å²) in [5.41, 5.74) is 4.92. The summed E-state index contributed by atoms with van der Waals surface area (Å²) < 4.78 is 13.0. The number of amides is 1. The van der Waals surface area contributed by atoms with Crippen molar-refractivity contribution in [3.63, 3.8) is 0 Å². The fourth-order valence-electron chi connectivity index (χ4n) is 3.33. The van der Waals surface area contributed by atoms with Gasteiger partial charge in [-0.05, 0) is 41.8 Å². The number of hydrogen-bond donors (Lipinski definition) is 1. The normalized spacial score (nSPS) is 13.9. The standard InChI is InChI=1S/C23H25N3O3S/c1-15(2)16-4-7-18(8-5-16)24-23-26(10-11-28-3)20(14-30-23)17-6-9-21-19(12-17)25-22(27)13-29-21/h4-9,12,14-15H,10-11,13H2,1-3H3,(H,25,27). The summed E-state index contributed by atoms with van der Waals surface area (Å²) in [7, 11) is 1.69. The number of carbonyl (C=O) groups is 1. The Labute approximate surface area is 179 Å². The van der Waals surface area contributed by atoms with Crippen molar-refractivity contribution in [2.24, 2.45) is 4.99 Å². The Bertz CT molecular complexity index is 1110. The van der Waals surface area contributed by atoms with Crippen molar-refractivity contribution in [2.45, 2.75) is 26.3 Å². The minimum Gasteiger partial charge on any atom is -0.482 e. The number of benzene rings is 2. The lowest BCUT2D eigenvalue weighted by molar-refractivity contribution is -0.118. The smallest absolute Gasteiger partial charge is 0.262 e. The predicted molar refractivity (Wildman–Crippen MR) is 119 cm³/mol. The third-order valence-electron chi connectivity index (χ3n) is 5.01. The molecule has 0 aliphatic carbocycles. The molecule has 2 heterocycles. The van der Waals surface area contributed by atoms with E-state index in [9.17, 15) is 4.79 Å². The first-order valence-electron chi connectivity index (χ1n) is 9.94. The molecule has 2 aromatic carbocycles. The number of ether oxygens (including phenoxy) is 2. The van der Waals surface area contributed by atoms with Gasteiger partial charge in [-0.1, -0.05) is 26.0 Å². The highest BCUT2D eigenvalue weighted by atomic mass is 32.1. The molecule has 0 bridgehead atoms. The lowest BCUT2D eigenvalue weighted by Gasteiger charge is -2.19. The van der Waals surface area contributed by atoms with Crippen LogP contribution in [-0.4, -0.2) is 30.8 Å². The number of nitrogens with one attached hydrogen (secondary N) is 1. The zero-order chi connectivity index (χ0) is 21.1. The van der Waals surface area contributed by atoms with E-state index in [-0.39, 0.29) is 12.5 Å². The van der Waals surface area contributed by atoms with Gasteiger partial charge in [-0.2, -0.15) is 0 Å². The second-order valence-corrected chi connectivity index (χ2v) is 8.29. The molecule has 0 saturated carbocycles. The largest absolute Gasteiger partial charge is 0.482 e. The number of hydrogen-bond acceptors (Lipinski definition) is 5. The maximum absolute atomic E-state index is 11.7. The molecule has 0 spiro atoms. The highest BCUT2D eigenvalue weighted by Crippen LogP contribution is 2.33. The SMILES string of the molecule is COCCn1c(-c2ccc3c(c2)NC(=O)CO3)csc1=Nc1ccc(C(C)C)cc1. The first-order valence-corrected chi connectivity index (χ1v) is 10.8. The van der Waals surface area contributed by atoms with Crippen LogP contribution >= 0.6 is 11.3 Å². The average molecular weight is 424 g/mol. The highest BCUT2D eigenvalue weighted by Gasteiger charge is 2.17. The number of aromatic nitrogens is 1. The predicted octanol–water partition coefficient (Wildman–Crippen LogP) is 4.55. The van der Waals surface area contributed by atoms with Crippen molar-refractivity contribution in [1.82, 2.24) is 4.57 Å². The Balaban J connectivity index is 1.74. The fraction of sp³-hybridized carbons (Fsp3) is 0.304. The lowest BCUT2D eigenvalue weighted by Crippen LogP contribution is -2.25. The molecule has 1 aliphatic heterocycles. The molecule has 1 aliphatic rings. The Morgan fingerprint density at radius 3 is 2.77 bits per heavy atom. The van der Waals surface area contributed by atoms with Crippen LogP contribution in [0.25, 0.3) is 11.3 Å². The van der Waals surface area contributed by atoms with Gasteiger partial charge in [0.15, 0.2) is 11.4 Å². The van der Waals surface area contributed by atoms with E-state index in [4.69, 9.17) is 14.5 Å². The van der Waals surface area contributed by atoms with Crippen LogP contribution in [0.15, 0.2) is 52.8 Å². The molecule has 7 heteroatoms. The average Bonchev–Trinajstić information content (AvgIpc) is 3.14. The number of rotatable bonds is 6. The Kier molecular flexibility index (Phi) is 6.01. The zero-order valence-corrected chi connectivity index (χ0v) is 18.2. The molecule has 6 nitrogen and oxygen atoms in total. The van der Waals surface area contributed by atoms with Crippen molar-refractivity contribution in [1.29, 1.82) is 0 Å². The van der Waals surface area contributed by atoms with Gasteiger partial charge in [-0.3, -0.25) is 4.79 Å². The number of thiazole rings is 1. The van der Waals surface area contributed by atoms with Gasteiger partial charge in [-0.15, -0.1) is 11.3 Å². The van der Waals surface area contributed by atoms with Gasteiger partial charge in [0, 0.05) is 24.6 Å². The molecule has 0 unspecified atom stereocenters. The summed E-state index contributed by atoms with van der Waals surface area (Å²) in [6.45, 7) is 5.67. The summed E-state index contributed by atoms with van der Waals surface area (Å²) in [6, 6.07) is 14.2. The lowest BCUT2D eigenvalue weighted by atomic mass is 10.0. The van der Waals surface area contributed by atoms with Gasteiger partial charge in [0.25, 0.3) is 5.91 Å². The molecular weight excluding hydrogens is 398 g/mol. The van der Waals surface area contributed by atoms with E-state index < -0.39 is 0 Å². The summed E-state index contributed by atoms with van der Waals surface area (Å²) in [4.78, 5) is 17.5. The molecule has 0 saturated heterocycles. The third-order valence-corrected chi connectivity index (χ3v) is 5.87. The topological polar surface area (TPSA) is 64.8 Å². The molecule has 0 fully saturated rings. The molecule has 4 rings (SSSR count). The van der Waals surface area contributed by atoms with E-state index in [1.165, 1.54) is 5.56 Å². The van der Waals surface area contributed by atoms with Gasteiger partial charge in [-0.25, -0.2) is 4.99 Å². The first kappa shape index (κ1) is 20.4. The van der Waals surface area contributed by atoms with Gasteiger partial charge < -0.3 is 19.4 Å². The van der Waals surface area contributed by atoms with Crippen LogP contribution in [0, 0.1) is 0 Å². The zero-order valence-electron chi connectivity index (χ0n) is 17.3. The molecule has 3 aromatic rings. The highest BCUT2D eigenvalue weighted by molar-refractivity contribution is 7.07. The van der Waals surface area contributed by atoms with Crippen LogP contribution in [-0.2, 0) is 16.1 Å². The van der Waals surface area contributed by atoms with Crippen LogP contribution in [0.5, 0.6) is 5.75 Å². The number of fused-ring (bicyclic) bond motifs is 1. The third kappa shape index (κ3) is 4.32. The fourth-order valence-corrected chi connectivity index (χ4v) is 4.29. The van der Waals surface area contributed by atoms with Crippen LogP contribution in [0.3, 0.4) is 0 Å². The maximum atomic E-state index is 11.7. The van der Waals surface area contributed by atoms with Crippen molar-refractivity contribution in [3.8, 4) is 17.0 Å². The van der Waals surface area contributed by atoms with E-state index in [1.54, 1.807) is 18.4 Å². The second kappa shape index (κ2) is 8.85. The molecule has 1 amide bonds. The van der Waals surface area contributed by atoms with Crippen molar-refractivity contribution in [3.05, 3.63) is 58.2 Å². The van der Waals surface area contributed by atoms with Crippen LogP contribution in [0.2, 0.25) is 0 Å². The minimum absolute atomic E-state index is 0.0528. The van der Waals surface area contributed by atoms with Gasteiger partial charge in [0.1, 0.15) is 5.75 Å². The molecule has 0 atom stereocenters. The van der Waals surface area contributed by atoms with E-state index in [0.29, 0.717) is 30.5 Å². The van der Waals surface area contributed by atoms with Gasteiger partial charge >= 0.3 is 0 Å². The van der Waals surface area contributed by atoms with E-state index in [1.807, 2.05) is 18.2 Å². The monoisotopic (exact) mass is 423 g/mol. The van der Waals surface area contributed by atoms with Crippen molar-refractivity contribution < 1.29 is 14.3 Å². The molecular formula is C23H25N3O3S. The van der Waals surface area contributed by atoms with Gasteiger partial charge in [0.05, 0.1) is 23.7 Å². The Hall–Kier alpha value is -2.90. The number of carbonyl (C=O) groups excluding carboxylic acids is 1. The van der Waals surface area contributed by atoms with Crippen LogP contribution < -0.4 is 14.9 Å². The van der Waals surface area contributed by atoms with Gasteiger partial charge in [0.2, 0.25) is 0 Å². The first-order chi connectivity index (χ1) is 14.5. The Morgan fingerprint density at radius 1 is 1.23 bits per heavy atom. The molecule has 0 radical (unpaired) electrons. The maximum Gasteiger partial charge on any atom is 0.262 e. The van der Waals surface area contributed by atoms with Crippen molar-refractivity contribution in [2.75, 3.05) is 25.6 Å². The summed E-state index contributed by atoms with van der Waals surface area (Å²) in [5, 5.41) is 4.96. The van der Waals surface area contributed by atoms with E-state index in [2.05, 4.69) is 53.4 Å². The van der Waals surface area contributed by atoms with E-state index >= 15 is 0 Å². The van der Waals surface area contributed by atoms with E-state index in [0.717, 1.165) is 21.7 Å². The number of anilines is 1. The summed E-state index contributed by atoms with van der Waals surface area (Å²) >= 11 is 1.59. The van der Waals surface area contributed by atoms with Crippen LogP contribution in [0.1, 0.15) is 25.3 Å². The Morgan fingerprint density at radius 2 is 2.03 bits per heavy atom. The summed E-state index contributed by atoms with van der Waals surface area (Å²) in [6.07, 6.45) is 0. The molecule has 156 valence electrons. The summed E-state index contributed by atoms with van der Waals surface area (Å²) in [5.74, 6) is 1.04. The molecule has 1 aromatic heterocycles. The molecule has 1 N–H and O–H groups in total. The second-order valence-electron chi connectivity index (χ2n) is 7.45. The van der Waals surface area contributed by atoms with Crippen molar-refractivity contribution >= 4 is 28.6 Å². The number of nitrogens with zero attached hydrogens (tertiary/aromatic N) is 2. The van der Waals surface area contributed by atoms with Crippen LogP contribution in [0.4, 0.5) is 11.4 Å². The minimum atomic E-state index is -0.141. The quantitative estimate of drug-likeness (QED) is 0.633. The molecule has 30 heavy (non-hydrogen) atoms. The number of methoxy groups -OCH3 is 1.